The van der Waals surface area contributed by atoms with Gasteiger partial charge in [0.25, 0.3) is 11.8 Å². The van der Waals surface area contributed by atoms with Crippen molar-refractivity contribution in [2.24, 2.45) is 0 Å². The molecule has 10 heteroatoms. The van der Waals surface area contributed by atoms with Crippen LogP contribution >= 0.6 is 15.9 Å². The number of para-hydroxylation sites is 1. The van der Waals surface area contributed by atoms with Gasteiger partial charge in [0.15, 0.2) is 10.4 Å². The van der Waals surface area contributed by atoms with Crippen LogP contribution in [0.1, 0.15) is 45.7 Å². The highest BCUT2D eigenvalue weighted by molar-refractivity contribution is 9.10. The van der Waals surface area contributed by atoms with E-state index in [-0.39, 0.29) is 17.6 Å². The molecule has 2 aliphatic rings. The lowest BCUT2D eigenvalue weighted by Crippen LogP contribution is -2.47. The van der Waals surface area contributed by atoms with Gasteiger partial charge in [-0.15, -0.1) is 0 Å². The summed E-state index contributed by atoms with van der Waals surface area (Å²) >= 11 is 3.24. The van der Waals surface area contributed by atoms with E-state index in [9.17, 15) is 14.4 Å². The number of hydrogen-bond donors (Lipinski definition) is 2. The third-order valence-corrected chi connectivity index (χ3v) is 7.87. The van der Waals surface area contributed by atoms with E-state index >= 15 is 0 Å². The number of anilines is 3. The van der Waals surface area contributed by atoms with E-state index in [4.69, 9.17) is 4.42 Å². The maximum Gasteiger partial charge on any atom is 0.291 e. The van der Waals surface area contributed by atoms with Crippen molar-refractivity contribution in [2.75, 3.05) is 60.9 Å². The molecule has 9 nitrogen and oxygen atoms in total. The number of carbonyl (C=O) groups excluding carboxylic acids is 3. The van der Waals surface area contributed by atoms with Gasteiger partial charge in [-0.3, -0.25) is 14.4 Å². The second kappa shape index (κ2) is 12.6. The Balaban J connectivity index is 1.28. The van der Waals surface area contributed by atoms with Gasteiger partial charge in [-0.05, 0) is 77.7 Å². The molecule has 0 aliphatic carbocycles. The van der Waals surface area contributed by atoms with Crippen LogP contribution in [0, 0.1) is 6.92 Å². The number of rotatable bonds is 9. The minimum atomic E-state index is -0.390. The third-order valence-electron chi connectivity index (χ3n) is 7.44. The van der Waals surface area contributed by atoms with Crippen LogP contribution in [0.3, 0.4) is 0 Å². The summed E-state index contributed by atoms with van der Waals surface area (Å²) in [6, 6.07) is 17.1. The number of benzene rings is 2. The molecule has 2 aliphatic heterocycles. The molecule has 2 fully saturated rings. The lowest BCUT2D eigenvalue weighted by Gasteiger charge is -2.38. The zero-order valence-electron chi connectivity index (χ0n) is 22.6. The first-order valence-electron chi connectivity index (χ1n) is 13.7. The van der Waals surface area contributed by atoms with Gasteiger partial charge >= 0.3 is 0 Å². The van der Waals surface area contributed by atoms with Crippen LogP contribution in [0.5, 0.6) is 0 Å². The molecule has 2 N–H and O–H groups in total. The second-order valence-corrected chi connectivity index (χ2v) is 10.9. The summed E-state index contributed by atoms with van der Waals surface area (Å²) in [5, 5.41) is 5.91. The molecule has 2 saturated heterocycles. The maximum absolute atomic E-state index is 13.0. The first kappa shape index (κ1) is 27.8. The molecule has 0 atom stereocenters. The number of piperazine rings is 1. The quantitative estimate of drug-likeness (QED) is 0.343. The zero-order valence-corrected chi connectivity index (χ0v) is 24.2. The fraction of sp³-hybridized carbons (Fsp3) is 0.367. The van der Waals surface area contributed by atoms with Crippen LogP contribution in [0.4, 0.5) is 17.1 Å². The highest BCUT2D eigenvalue weighted by Gasteiger charge is 2.23. The number of carbonyl (C=O) groups is 3. The molecule has 210 valence electrons. The third kappa shape index (κ3) is 6.50. The van der Waals surface area contributed by atoms with Gasteiger partial charge in [0.05, 0.1) is 11.4 Å². The average Bonchev–Trinajstić information content (AvgIpc) is 3.59. The monoisotopic (exact) mass is 607 g/mol. The fourth-order valence-corrected chi connectivity index (χ4v) is 5.60. The Bertz CT molecular complexity index is 1380. The molecule has 3 aromatic rings. The summed E-state index contributed by atoms with van der Waals surface area (Å²) in [5.74, 6) is -0.252. The number of aryl methyl sites for hydroxylation is 1. The molecule has 40 heavy (non-hydrogen) atoms. The second-order valence-electron chi connectivity index (χ2n) is 10.1. The van der Waals surface area contributed by atoms with Crippen LogP contribution in [-0.4, -0.2) is 68.4 Å². The molecule has 3 amide bonds. The Labute approximate surface area is 242 Å². The van der Waals surface area contributed by atoms with E-state index in [2.05, 4.69) is 61.5 Å². The smallest absolute Gasteiger partial charge is 0.291 e. The minimum Gasteiger partial charge on any atom is -0.444 e. The molecular weight excluding hydrogens is 574 g/mol. The molecule has 0 radical (unpaired) electrons. The molecular formula is C30H34BrN5O4. The number of nitrogens with one attached hydrogen (secondary N) is 2. The number of amides is 3. The van der Waals surface area contributed by atoms with Gasteiger partial charge in [0, 0.05) is 63.5 Å². The Morgan fingerprint density at radius 2 is 1.68 bits per heavy atom. The molecule has 0 spiro atoms. The summed E-state index contributed by atoms with van der Waals surface area (Å²) in [6.07, 6.45) is 2.21. The van der Waals surface area contributed by atoms with Crippen LogP contribution in [0.25, 0.3) is 0 Å². The lowest BCUT2D eigenvalue weighted by molar-refractivity contribution is -0.127. The summed E-state index contributed by atoms with van der Waals surface area (Å²) in [5.41, 5.74) is 4.34. The zero-order chi connectivity index (χ0) is 28.1. The Hall–Kier alpha value is -3.79. The molecule has 5 rings (SSSR count). The Morgan fingerprint density at radius 1 is 0.925 bits per heavy atom. The van der Waals surface area contributed by atoms with E-state index < -0.39 is 5.91 Å². The SMILES string of the molecule is Cc1ccccc1N1CCN(c2ccc(C(=O)NCCCN3CCCC3=O)cc2NC(=O)c2ccc(Br)o2)CC1. The first-order valence-corrected chi connectivity index (χ1v) is 14.5. The predicted octanol–water partition coefficient (Wildman–Crippen LogP) is 4.67. The highest BCUT2D eigenvalue weighted by atomic mass is 79.9. The Morgan fingerprint density at radius 3 is 2.35 bits per heavy atom. The summed E-state index contributed by atoms with van der Waals surface area (Å²) in [7, 11) is 0. The van der Waals surface area contributed by atoms with E-state index in [0.717, 1.165) is 44.8 Å². The van der Waals surface area contributed by atoms with Gasteiger partial charge in [-0.1, -0.05) is 18.2 Å². The van der Waals surface area contributed by atoms with Gasteiger partial charge < -0.3 is 29.8 Å². The summed E-state index contributed by atoms with van der Waals surface area (Å²) < 4.78 is 5.91. The number of likely N-dealkylation sites (tertiary alicyclic amines) is 1. The molecule has 3 heterocycles. The normalized spacial score (nSPS) is 15.4. The number of halogens is 1. The fourth-order valence-electron chi connectivity index (χ4n) is 5.29. The van der Waals surface area contributed by atoms with Crippen molar-refractivity contribution in [3.05, 3.63) is 76.2 Å². The lowest BCUT2D eigenvalue weighted by atomic mass is 10.1. The standard InChI is InChI=1S/C30H34BrN5O4/c1-21-6-2-3-7-24(21)34-16-18-35(19-17-34)25-10-9-22(20-23(25)33-30(39)26-11-12-27(31)40-26)29(38)32-13-5-15-36-14-4-8-28(36)37/h2-3,6-7,9-12,20H,4-5,8,13-19H2,1H3,(H,32,38)(H,33,39). The van der Waals surface area contributed by atoms with Crippen molar-refractivity contribution in [1.29, 1.82) is 0 Å². The predicted molar refractivity (Wildman–Crippen MR) is 159 cm³/mol. The summed E-state index contributed by atoms with van der Waals surface area (Å²) in [6.45, 7) is 7.24. The van der Waals surface area contributed by atoms with Crippen LogP contribution in [-0.2, 0) is 4.79 Å². The van der Waals surface area contributed by atoms with E-state index in [0.29, 0.717) is 41.9 Å². The van der Waals surface area contributed by atoms with Gasteiger partial charge in [0.2, 0.25) is 5.91 Å². The van der Waals surface area contributed by atoms with Crippen molar-refractivity contribution >= 4 is 50.7 Å². The minimum absolute atomic E-state index is 0.175. The van der Waals surface area contributed by atoms with Gasteiger partial charge in [0.1, 0.15) is 0 Å². The van der Waals surface area contributed by atoms with E-state index in [1.54, 1.807) is 24.3 Å². The van der Waals surface area contributed by atoms with Crippen molar-refractivity contribution < 1.29 is 18.8 Å². The summed E-state index contributed by atoms with van der Waals surface area (Å²) in [4.78, 5) is 44.2. The van der Waals surface area contributed by atoms with Crippen molar-refractivity contribution in [3.63, 3.8) is 0 Å². The first-order chi connectivity index (χ1) is 19.4. The topological polar surface area (TPSA) is 98.1 Å². The number of furan rings is 1. The molecule has 2 aromatic carbocycles. The highest BCUT2D eigenvalue weighted by Crippen LogP contribution is 2.31. The average molecular weight is 609 g/mol. The molecule has 1 aromatic heterocycles. The van der Waals surface area contributed by atoms with Gasteiger partial charge in [-0.2, -0.15) is 0 Å². The number of nitrogens with zero attached hydrogens (tertiary/aromatic N) is 3. The van der Waals surface area contributed by atoms with E-state index in [1.165, 1.54) is 11.3 Å². The number of hydrogen-bond acceptors (Lipinski definition) is 6. The van der Waals surface area contributed by atoms with Crippen molar-refractivity contribution in [3.8, 4) is 0 Å². The maximum atomic E-state index is 13.0. The van der Waals surface area contributed by atoms with Crippen molar-refractivity contribution in [1.82, 2.24) is 10.2 Å². The molecule has 0 saturated carbocycles. The molecule has 0 bridgehead atoms. The van der Waals surface area contributed by atoms with Crippen molar-refractivity contribution in [2.45, 2.75) is 26.2 Å². The largest absolute Gasteiger partial charge is 0.444 e. The van der Waals surface area contributed by atoms with Crippen LogP contribution < -0.4 is 20.4 Å². The van der Waals surface area contributed by atoms with Crippen LogP contribution in [0.2, 0.25) is 0 Å². The van der Waals surface area contributed by atoms with Crippen LogP contribution in [0.15, 0.2) is 63.7 Å². The Kier molecular flexibility index (Phi) is 8.74. The van der Waals surface area contributed by atoms with Gasteiger partial charge in [-0.25, -0.2) is 0 Å². The molecule has 0 unspecified atom stereocenters. The van der Waals surface area contributed by atoms with E-state index in [1.807, 2.05) is 17.0 Å².